The molecule has 0 atom stereocenters. The SMILES string of the molecule is Cc1ncc2c(c1CNS(=O)(=O)N(C)C)CCN(C(=O)c1ccc(OC(C)C)cc1)C2. The Balaban J connectivity index is 1.75. The first-order valence-corrected chi connectivity index (χ1v) is 11.7. The molecule has 1 aromatic carbocycles. The first-order chi connectivity index (χ1) is 14.6. The van der Waals surface area contributed by atoms with Gasteiger partial charge in [-0.1, -0.05) is 0 Å². The zero-order chi connectivity index (χ0) is 22.8. The van der Waals surface area contributed by atoms with E-state index in [2.05, 4.69) is 9.71 Å². The number of benzene rings is 1. The molecule has 2 aromatic rings. The van der Waals surface area contributed by atoms with Crippen LogP contribution in [0.3, 0.4) is 0 Å². The average Bonchev–Trinajstić information content (AvgIpc) is 2.72. The predicted octanol–water partition coefficient (Wildman–Crippen LogP) is 2.27. The van der Waals surface area contributed by atoms with Crippen LogP contribution in [0.15, 0.2) is 30.5 Å². The van der Waals surface area contributed by atoms with Gasteiger partial charge < -0.3 is 9.64 Å². The normalized spacial score (nSPS) is 14.1. The molecular weight excluding hydrogens is 416 g/mol. The van der Waals surface area contributed by atoms with Crippen LogP contribution in [-0.4, -0.2) is 55.3 Å². The molecule has 1 amide bonds. The molecule has 1 N–H and O–H groups in total. The van der Waals surface area contributed by atoms with Crippen molar-refractivity contribution in [2.24, 2.45) is 0 Å². The van der Waals surface area contributed by atoms with Crippen LogP contribution in [0.4, 0.5) is 0 Å². The summed E-state index contributed by atoms with van der Waals surface area (Å²) in [5.74, 6) is 0.692. The van der Waals surface area contributed by atoms with E-state index >= 15 is 0 Å². The number of rotatable bonds is 7. The number of carbonyl (C=O) groups is 1. The summed E-state index contributed by atoms with van der Waals surface area (Å²) >= 11 is 0. The maximum atomic E-state index is 13.0. The average molecular weight is 447 g/mol. The number of pyridine rings is 1. The number of aromatic nitrogens is 1. The molecule has 168 valence electrons. The maximum absolute atomic E-state index is 13.0. The van der Waals surface area contributed by atoms with Gasteiger partial charge in [-0.15, -0.1) is 0 Å². The number of aryl methyl sites for hydroxylation is 1. The van der Waals surface area contributed by atoms with Crippen molar-refractivity contribution in [2.45, 2.75) is 46.4 Å². The lowest BCUT2D eigenvalue weighted by atomic mass is 9.94. The molecule has 0 unspecified atom stereocenters. The van der Waals surface area contributed by atoms with Crippen LogP contribution in [0.5, 0.6) is 5.75 Å². The third kappa shape index (κ3) is 5.41. The first kappa shape index (κ1) is 23.2. The third-order valence-electron chi connectivity index (χ3n) is 5.27. The second kappa shape index (κ2) is 9.33. The topological polar surface area (TPSA) is 91.8 Å². The number of hydrogen-bond donors (Lipinski definition) is 1. The molecule has 1 aliphatic rings. The van der Waals surface area contributed by atoms with E-state index in [1.165, 1.54) is 14.1 Å². The van der Waals surface area contributed by atoms with Crippen LogP contribution in [0.2, 0.25) is 0 Å². The molecule has 0 saturated carbocycles. The van der Waals surface area contributed by atoms with Gasteiger partial charge in [-0.25, -0.2) is 0 Å². The van der Waals surface area contributed by atoms with Crippen LogP contribution in [-0.2, 0) is 29.7 Å². The fraction of sp³-hybridized carbons (Fsp3) is 0.455. The number of carbonyl (C=O) groups excluding carboxylic acids is 1. The molecule has 0 saturated heterocycles. The van der Waals surface area contributed by atoms with Crippen LogP contribution in [0.1, 0.15) is 46.6 Å². The molecule has 0 spiro atoms. The standard InChI is InChI=1S/C22H30N4O4S/c1-15(2)30-19-8-6-17(7-9-19)22(27)26-11-10-20-18(14-26)12-23-16(3)21(20)13-24-31(28,29)25(4)5/h6-9,12,15,24H,10-11,13-14H2,1-5H3. The largest absolute Gasteiger partial charge is 0.491 e. The molecule has 0 fully saturated rings. The molecule has 8 nitrogen and oxygen atoms in total. The lowest BCUT2D eigenvalue weighted by molar-refractivity contribution is 0.0734. The number of nitrogens with zero attached hydrogens (tertiary/aromatic N) is 3. The van der Waals surface area contributed by atoms with E-state index in [1.54, 1.807) is 23.2 Å². The third-order valence-corrected chi connectivity index (χ3v) is 6.74. The Labute approximate surface area is 184 Å². The van der Waals surface area contributed by atoms with Gasteiger partial charge in [0.05, 0.1) is 6.10 Å². The van der Waals surface area contributed by atoms with Crippen LogP contribution in [0, 0.1) is 6.92 Å². The highest BCUT2D eigenvalue weighted by Gasteiger charge is 2.25. The minimum absolute atomic E-state index is 0.0443. The van der Waals surface area contributed by atoms with Gasteiger partial charge >= 0.3 is 0 Å². The van der Waals surface area contributed by atoms with E-state index in [1.807, 2.05) is 32.9 Å². The number of amides is 1. The second-order valence-electron chi connectivity index (χ2n) is 8.10. The molecule has 31 heavy (non-hydrogen) atoms. The molecule has 2 heterocycles. The van der Waals surface area contributed by atoms with E-state index in [4.69, 9.17) is 4.74 Å². The second-order valence-corrected chi connectivity index (χ2v) is 10.1. The van der Waals surface area contributed by atoms with Crippen molar-refractivity contribution in [3.05, 3.63) is 58.4 Å². The zero-order valence-electron chi connectivity index (χ0n) is 18.7. The van der Waals surface area contributed by atoms with Crippen molar-refractivity contribution in [2.75, 3.05) is 20.6 Å². The van der Waals surface area contributed by atoms with Gasteiger partial charge in [0.15, 0.2) is 0 Å². The summed E-state index contributed by atoms with van der Waals surface area (Å²) in [5.41, 5.74) is 4.30. The summed E-state index contributed by atoms with van der Waals surface area (Å²) < 4.78 is 33.6. The highest BCUT2D eigenvalue weighted by Crippen LogP contribution is 2.25. The Morgan fingerprint density at radius 2 is 1.94 bits per heavy atom. The molecule has 0 aliphatic carbocycles. The van der Waals surface area contributed by atoms with Gasteiger partial charge in [-0.05, 0) is 68.1 Å². The zero-order valence-corrected chi connectivity index (χ0v) is 19.5. The molecule has 1 aromatic heterocycles. The number of hydrogen-bond acceptors (Lipinski definition) is 5. The Morgan fingerprint density at radius 3 is 2.55 bits per heavy atom. The quantitative estimate of drug-likeness (QED) is 0.705. The monoisotopic (exact) mass is 446 g/mol. The van der Waals surface area contributed by atoms with Gasteiger partial charge in [0.1, 0.15) is 5.75 Å². The fourth-order valence-electron chi connectivity index (χ4n) is 3.55. The van der Waals surface area contributed by atoms with E-state index in [0.717, 1.165) is 32.4 Å². The van der Waals surface area contributed by atoms with E-state index in [0.29, 0.717) is 25.1 Å². The number of nitrogens with one attached hydrogen (secondary N) is 1. The minimum Gasteiger partial charge on any atom is -0.491 e. The van der Waals surface area contributed by atoms with Crippen molar-refractivity contribution < 1.29 is 17.9 Å². The summed E-state index contributed by atoms with van der Waals surface area (Å²) in [4.78, 5) is 19.2. The minimum atomic E-state index is -3.53. The maximum Gasteiger partial charge on any atom is 0.279 e. The van der Waals surface area contributed by atoms with Crippen molar-refractivity contribution in [3.8, 4) is 5.75 Å². The van der Waals surface area contributed by atoms with Crippen LogP contribution in [0.25, 0.3) is 0 Å². The summed E-state index contributed by atoms with van der Waals surface area (Å²) in [5, 5.41) is 0. The lowest BCUT2D eigenvalue weighted by Gasteiger charge is -2.30. The van der Waals surface area contributed by atoms with Crippen LogP contribution < -0.4 is 9.46 Å². The van der Waals surface area contributed by atoms with Crippen molar-refractivity contribution in [1.29, 1.82) is 0 Å². The summed E-state index contributed by atoms with van der Waals surface area (Å²) in [6.45, 7) is 6.97. The van der Waals surface area contributed by atoms with E-state index in [-0.39, 0.29) is 18.6 Å². The van der Waals surface area contributed by atoms with Gasteiger partial charge in [-0.2, -0.15) is 17.4 Å². The molecule has 9 heteroatoms. The van der Waals surface area contributed by atoms with Crippen molar-refractivity contribution in [3.63, 3.8) is 0 Å². The molecule has 0 bridgehead atoms. The van der Waals surface area contributed by atoms with Gasteiger partial charge in [-0.3, -0.25) is 9.78 Å². The van der Waals surface area contributed by atoms with Crippen molar-refractivity contribution >= 4 is 16.1 Å². The Kier molecular flexibility index (Phi) is 6.98. The fourth-order valence-corrected chi connectivity index (χ4v) is 4.14. The first-order valence-electron chi connectivity index (χ1n) is 10.3. The van der Waals surface area contributed by atoms with E-state index < -0.39 is 10.2 Å². The molecule has 3 rings (SSSR count). The summed E-state index contributed by atoms with van der Waals surface area (Å²) in [6, 6.07) is 7.19. The van der Waals surface area contributed by atoms with Crippen LogP contribution >= 0.6 is 0 Å². The van der Waals surface area contributed by atoms with Crippen molar-refractivity contribution in [1.82, 2.24) is 18.9 Å². The molecule has 0 radical (unpaired) electrons. The Bertz CT molecular complexity index is 1050. The van der Waals surface area contributed by atoms with Gasteiger partial charge in [0, 0.05) is 51.2 Å². The molecular formula is C22H30N4O4S. The number of fused-ring (bicyclic) bond motifs is 1. The highest BCUT2D eigenvalue weighted by atomic mass is 32.2. The predicted molar refractivity (Wildman–Crippen MR) is 119 cm³/mol. The summed E-state index contributed by atoms with van der Waals surface area (Å²) in [7, 11) is -0.560. The van der Waals surface area contributed by atoms with Gasteiger partial charge in [0.25, 0.3) is 16.1 Å². The highest BCUT2D eigenvalue weighted by molar-refractivity contribution is 7.87. The molecule has 1 aliphatic heterocycles. The van der Waals surface area contributed by atoms with E-state index in [9.17, 15) is 13.2 Å². The summed E-state index contributed by atoms with van der Waals surface area (Å²) in [6.07, 6.45) is 2.51. The van der Waals surface area contributed by atoms with Gasteiger partial charge in [0.2, 0.25) is 0 Å². The Hall–Kier alpha value is -2.49. The lowest BCUT2D eigenvalue weighted by Crippen LogP contribution is -2.38. The smallest absolute Gasteiger partial charge is 0.279 e. The Morgan fingerprint density at radius 1 is 1.26 bits per heavy atom. The number of ether oxygens (including phenoxy) is 1.